The van der Waals surface area contributed by atoms with Crippen LogP contribution in [0.25, 0.3) is 0 Å². The van der Waals surface area contributed by atoms with Gasteiger partial charge in [0.25, 0.3) is 0 Å². The highest BCUT2D eigenvalue weighted by Gasteiger charge is 2.27. The van der Waals surface area contributed by atoms with Gasteiger partial charge in [-0.1, -0.05) is 6.42 Å². The Bertz CT molecular complexity index is 304. The SMILES string of the molecule is O=S(=O)(C[C@H]1CCCNC1)N1CCCCC1. The normalized spacial score (nSPS) is 29.1. The number of piperidine rings is 2. The summed E-state index contributed by atoms with van der Waals surface area (Å²) in [5, 5.41) is 3.28. The van der Waals surface area contributed by atoms with Crippen molar-refractivity contribution in [2.24, 2.45) is 5.92 Å². The third-order valence-corrected chi connectivity index (χ3v) is 5.60. The van der Waals surface area contributed by atoms with Gasteiger partial charge in [-0.2, -0.15) is 0 Å². The van der Waals surface area contributed by atoms with Gasteiger partial charge in [0.2, 0.25) is 10.0 Å². The quantitative estimate of drug-likeness (QED) is 0.801. The molecule has 2 saturated heterocycles. The number of sulfonamides is 1. The Morgan fingerprint density at radius 2 is 1.88 bits per heavy atom. The molecule has 0 aromatic heterocycles. The Hall–Kier alpha value is -0.130. The summed E-state index contributed by atoms with van der Waals surface area (Å²) in [5.41, 5.74) is 0. The monoisotopic (exact) mass is 246 g/mol. The van der Waals surface area contributed by atoms with E-state index in [9.17, 15) is 8.42 Å². The molecular formula is C11H22N2O2S. The van der Waals surface area contributed by atoms with Crippen molar-refractivity contribution >= 4 is 10.0 Å². The molecule has 16 heavy (non-hydrogen) atoms. The molecule has 2 fully saturated rings. The molecule has 0 saturated carbocycles. The first-order valence-corrected chi connectivity index (χ1v) is 7.98. The molecule has 2 aliphatic heterocycles. The molecule has 4 nitrogen and oxygen atoms in total. The lowest BCUT2D eigenvalue weighted by Gasteiger charge is -2.29. The third-order valence-electron chi connectivity index (χ3n) is 3.55. The Morgan fingerprint density at radius 3 is 2.50 bits per heavy atom. The predicted octanol–water partition coefficient (Wildman–Crippen LogP) is 0.802. The summed E-state index contributed by atoms with van der Waals surface area (Å²) in [7, 11) is -2.99. The Balaban J connectivity index is 1.90. The van der Waals surface area contributed by atoms with Crippen LogP contribution in [0.4, 0.5) is 0 Å². The number of nitrogens with one attached hydrogen (secondary N) is 1. The van der Waals surface area contributed by atoms with Gasteiger partial charge in [0.05, 0.1) is 5.75 Å². The Labute approximate surface area is 98.4 Å². The zero-order chi connectivity index (χ0) is 11.4. The Kier molecular flexibility index (Phi) is 4.21. The van der Waals surface area contributed by atoms with E-state index in [0.717, 1.165) is 51.9 Å². The maximum Gasteiger partial charge on any atom is 0.214 e. The maximum absolute atomic E-state index is 12.2. The van der Waals surface area contributed by atoms with Crippen molar-refractivity contribution in [3.05, 3.63) is 0 Å². The lowest BCUT2D eigenvalue weighted by molar-refractivity contribution is 0.336. The van der Waals surface area contributed by atoms with E-state index in [1.54, 1.807) is 4.31 Å². The minimum atomic E-state index is -2.99. The molecule has 0 aromatic rings. The summed E-state index contributed by atoms with van der Waals surface area (Å²) >= 11 is 0. The molecule has 5 heteroatoms. The number of hydrogen-bond donors (Lipinski definition) is 1. The van der Waals surface area contributed by atoms with Crippen LogP contribution in [0.5, 0.6) is 0 Å². The van der Waals surface area contributed by atoms with Gasteiger partial charge in [0.15, 0.2) is 0 Å². The predicted molar refractivity (Wildman–Crippen MR) is 64.8 cm³/mol. The zero-order valence-corrected chi connectivity index (χ0v) is 10.6. The minimum Gasteiger partial charge on any atom is -0.316 e. The van der Waals surface area contributed by atoms with Gasteiger partial charge in [-0.3, -0.25) is 0 Å². The van der Waals surface area contributed by atoms with E-state index in [0.29, 0.717) is 11.7 Å². The van der Waals surface area contributed by atoms with Gasteiger partial charge >= 0.3 is 0 Å². The molecule has 94 valence electrons. The smallest absolute Gasteiger partial charge is 0.214 e. The van der Waals surface area contributed by atoms with Crippen LogP contribution < -0.4 is 5.32 Å². The average Bonchev–Trinajstić information content (AvgIpc) is 2.31. The number of rotatable bonds is 3. The van der Waals surface area contributed by atoms with Crippen molar-refractivity contribution in [1.82, 2.24) is 9.62 Å². The van der Waals surface area contributed by atoms with E-state index in [-0.39, 0.29) is 0 Å². The molecule has 0 unspecified atom stereocenters. The molecule has 1 atom stereocenters. The molecular weight excluding hydrogens is 224 g/mol. The van der Waals surface area contributed by atoms with E-state index >= 15 is 0 Å². The van der Waals surface area contributed by atoms with Crippen molar-refractivity contribution in [2.45, 2.75) is 32.1 Å². The van der Waals surface area contributed by atoms with Crippen LogP contribution in [-0.4, -0.2) is 44.7 Å². The summed E-state index contributed by atoms with van der Waals surface area (Å²) in [5.74, 6) is 0.667. The summed E-state index contributed by atoms with van der Waals surface area (Å²) in [6, 6.07) is 0. The van der Waals surface area contributed by atoms with E-state index in [1.807, 2.05) is 0 Å². The Morgan fingerprint density at radius 1 is 1.12 bits per heavy atom. The van der Waals surface area contributed by atoms with Crippen LogP contribution in [0.2, 0.25) is 0 Å². The molecule has 0 amide bonds. The van der Waals surface area contributed by atoms with Crippen LogP contribution >= 0.6 is 0 Å². The highest BCUT2D eigenvalue weighted by atomic mass is 32.2. The fraction of sp³-hybridized carbons (Fsp3) is 1.00. The molecule has 0 bridgehead atoms. The average molecular weight is 246 g/mol. The van der Waals surface area contributed by atoms with Crippen molar-refractivity contribution in [3.8, 4) is 0 Å². The molecule has 0 aromatic carbocycles. The molecule has 2 heterocycles. The van der Waals surface area contributed by atoms with Crippen LogP contribution in [0.15, 0.2) is 0 Å². The van der Waals surface area contributed by atoms with Gasteiger partial charge in [0.1, 0.15) is 0 Å². The van der Waals surface area contributed by atoms with Crippen molar-refractivity contribution < 1.29 is 8.42 Å². The molecule has 0 radical (unpaired) electrons. The van der Waals surface area contributed by atoms with Gasteiger partial charge < -0.3 is 5.32 Å². The van der Waals surface area contributed by atoms with Gasteiger partial charge in [-0.15, -0.1) is 0 Å². The lowest BCUT2D eigenvalue weighted by Crippen LogP contribution is -2.41. The fourth-order valence-corrected chi connectivity index (χ4v) is 4.52. The topological polar surface area (TPSA) is 49.4 Å². The van der Waals surface area contributed by atoms with Gasteiger partial charge in [0, 0.05) is 13.1 Å². The van der Waals surface area contributed by atoms with Crippen LogP contribution in [0, 0.1) is 5.92 Å². The van der Waals surface area contributed by atoms with E-state index in [2.05, 4.69) is 5.32 Å². The highest BCUT2D eigenvalue weighted by molar-refractivity contribution is 7.89. The summed E-state index contributed by atoms with van der Waals surface area (Å²) in [6.45, 7) is 3.39. The maximum atomic E-state index is 12.2. The molecule has 0 aliphatic carbocycles. The van der Waals surface area contributed by atoms with Crippen LogP contribution in [-0.2, 0) is 10.0 Å². The van der Waals surface area contributed by atoms with Gasteiger partial charge in [-0.25, -0.2) is 12.7 Å². The highest BCUT2D eigenvalue weighted by Crippen LogP contribution is 2.18. The number of hydrogen-bond acceptors (Lipinski definition) is 3. The molecule has 1 N–H and O–H groups in total. The van der Waals surface area contributed by atoms with Crippen LogP contribution in [0.3, 0.4) is 0 Å². The first kappa shape index (κ1) is 12.3. The third kappa shape index (κ3) is 3.18. The standard InChI is InChI=1S/C11H22N2O2S/c14-16(15,13-7-2-1-3-8-13)10-11-5-4-6-12-9-11/h11-12H,1-10H2/t11-/m0/s1. The second kappa shape index (κ2) is 5.47. The first-order chi connectivity index (χ1) is 7.68. The number of nitrogens with zero attached hydrogens (tertiary/aromatic N) is 1. The summed E-state index contributed by atoms with van der Waals surface area (Å²) in [4.78, 5) is 0. The van der Waals surface area contributed by atoms with Crippen molar-refractivity contribution in [3.63, 3.8) is 0 Å². The second-order valence-electron chi connectivity index (χ2n) is 4.95. The van der Waals surface area contributed by atoms with E-state index < -0.39 is 10.0 Å². The molecule has 2 aliphatic rings. The second-order valence-corrected chi connectivity index (χ2v) is 6.96. The first-order valence-electron chi connectivity index (χ1n) is 6.37. The minimum absolute atomic E-state index is 0.320. The molecule has 0 spiro atoms. The lowest BCUT2D eigenvalue weighted by atomic mass is 10.0. The fourth-order valence-electron chi connectivity index (χ4n) is 2.61. The largest absolute Gasteiger partial charge is 0.316 e. The van der Waals surface area contributed by atoms with E-state index in [4.69, 9.17) is 0 Å². The van der Waals surface area contributed by atoms with Crippen LogP contribution in [0.1, 0.15) is 32.1 Å². The summed E-state index contributed by atoms with van der Waals surface area (Å²) < 4.78 is 26.0. The zero-order valence-electron chi connectivity index (χ0n) is 9.82. The van der Waals surface area contributed by atoms with Crippen molar-refractivity contribution in [1.29, 1.82) is 0 Å². The van der Waals surface area contributed by atoms with E-state index in [1.165, 1.54) is 6.42 Å². The van der Waals surface area contributed by atoms with Crippen molar-refractivity contribution in [2.75, 3.05) is 31.9 Å². The summed E-state index contributed by atoms with van der Waals surface area (Å²) in [6.07, 6.45) is 5.40. The van der Waals surface area contributed by atoms with Gasteiger partial charge in [-0.05, 0) is 44.7 Å². The molecule has 2 rings (SSSR count).